The number of hydrogen-bond donors (Lipinski definition) is 0. The van der Waals surface area contributed by atoms with Gasteiger partial charge in [0.2, 0.25) is 6.29 Å². The second kappa shape index (κ2) is 6.65. The van der Waals surface area contributed by atoms with Crippen LogP contribution in [0, 0.1) is 0 Å². The third kappa shape index (κ3) is 3.12. The van der Waals surface area contributed by atoms with E-state index < -0.39 is 12.6 Å². The molecule has 0 spiro atoms. The summed E-state index contributed by atoms with van der Waals surface area (Å²) in [5, 5.41) is 0. The summed E-state index contributed by atoms with van der Waals surface area (Å²) < 4.78 is 22.0. The molecule has 0 aromatic carbocycles. The van der Waals surface area contributed by atoms with Crippen molar-refractivity contribution in [3.63, 3.8) is 0 Å². The van der Waals surface area contributed by atoms with Gasteiger partial charge in [-0.15, -0.1) is 0 Å². The summed E-state index contributed by atoms with van der Waals surface area (Å²) in [6.07, 6.45) is 2.66. The molecule has 1 aliphatic heterocycles. The first-order valence-electron chi connectivity index (χ1n) is 6.39. The molecular formula is C14H19NO4. The highest BCUT2D eigenvalue weighted by molar-refractivity contribution is 5.63. The SMILES string of the molecule is CCOC(/C=C1\OC(OC)c2cccnc21)OCC. The maximum Gasteiger partial charge on any atom is 0.228 e. The molecule has 1 unspecified atom stereocenters. The number of fused-ring (bicyclic) bond motifs is 1. The molecule has 0 amide bonds. The summed E-state index contributed by atoms with van der Waals surface area (Å²) in [6.45, 7) is 4.98. The molecule has 0 radical (unpaired) electrons. The normalized spacial score (nSPS) is 19.8. The third-order valence-corrected chi connectivity index (χ3v) is 2.72. The molecule has 5 nitrogen and oxygen atoms in total. The van der Waals surface area contributed by atoms with Gasteiger partial charge in [0.25, 0.3) is 0 Å². The van der Waals surface area contributed by atoms with Crippen LogP contribution in [-0.2, 0) is 18.9 Å². The van der Waals surface area contributed by atoms with Crippen LogP contribution in [0.2, 0.25) is 0 Å². The fraction of sp³-hybridized carbons (Fsp3) is 0.500. The molecule has 1 aromatic rings. The van der Waals surface area contributed by atoms with Gasteiger partial charge in [0, 0.05) is 38.2 Å². The van der Waals surface area contributed by atoms with E-state index in [1.54, 1.807) is 19.4 Å². The Balaban J connectivity index is 2.25. The number of ether oxygens (including phenoxy) is 4. The average Bonchev–Trinajstić information content (AvgIpc) is 2.78. The summed E-state index contributed by atoms with van der Waals surface area (Å²) in [5.74, 6) is 0.634. The molecule has 0 aliphatic carbocycles. The Hall–Kier alpha value is -1.43. The molecule has 2 rings (SSSR count). The van der Waals surface area contributed by atoms with Gasteiger partial charge < -0.3 is 18.9 Å². The van der Waals surface area contributed by atoms with Crippen molar-refractivity contribution in [1.29, 1.82) is 0 Å². The Morgan fingerprint density at radius 1 is 1.37 bits per heavy atom. The zero-order valence-electron chi connectivity index (χ0n) is 11.5. The average molecular weight is 265 g/mol. The van der Waals surface area contributed by atoms with Crippen LogP contribution in [0.5, 0.6) is 0 Å². The van der Waals surface area contributed by atoms with Crippen molar-refractivity contribution in [2.45, 2.75) is 26.4 Å². The standard InChI is InChI=1S/C14H19NO4/c1-4-17-12(18-5-2)9-11-13-10(7-6-8-15-13)14(16-3)19-11/h6-9,12,14H,4-5H2,1-3H3/b11-9-. The van der Waals surface area contributed by atoms with E-state index in [0.717, 1.165) is 11.3 Å². The second-order valence-corrected chi connectivity index (χ2v) is 3.94. The van der Waals surface area contributed by atoms with Gasteiger partial charge in [0.05, 0.1) is 0 Å². The Morgan fingerprint density at radius 3 is 2.74 bits per heavy atom. The molecular weight excluding hydrogens is 246 g/mol. The van der Waals surface area contributed by atoms with Crippen LogP contribution in [0.25, 0.3) is 5.76 Å². The smallest absolute Gasteiger partial charge is 0.228 e. The van der Waals surface area contributed by atoms with Crippen LogP contribution in [0.1, 0.15) is 31.4 Å². The Labute approximate surface area is 113 Å². The molecule has 5 heteroatoms. The Morgan fingerprint density at radius 2 is 2.11 bits per heavy atom. The van der Waals surface area contributed by atoms with Crippen LogP contribution in [-0.4, -0.2) is 31.6 Å². The summed E-state index contributed by atoms with van der Waals surface area (Å²) >= 11 is 0. The van der Waals surface area contributed by atoms with E-state index in [-0.39, 0.29) is 0 Å². The van der Waals surface area contributed by atoms with Gasteiger partial charge in [-0.25, -0.2) is 0 Å². The zero-order valence-corrected chi connectivity index (χ0v) is 11.5. The van der Waals surface area contributed by atoms with E-state index in [1.807, 2.05) is 26.0 Å². The highest BCUT2D eigenvalue weighted by atomic mass is 16.7. The Bertz CT molecular complexity index is 441. The molecule has 104 valence electrons. The largest absolute Gasteiger partial charge is 0.458 e. The van der Waals surface area contributed by atoms with Crippen LogP contribution >= 0.6 is 0 Å². The van der Waals surface area contributed by atoms with Gasteiger partial charge in [-0.2, -0.15) is 0 Å². The van der Waals surface area contributed by atoms with Crippen molar-refractivity contribution in [3.8, 4) is 0 Å². The highest BCUT2D eigenvalue weighted by Gasteiger charge is 2.29. The zero-order chi connectivity index (χ0) is 13.7. The van der Waals surface area contributed by atoms with Crippen LogP contribution in [0.15, 0.2) is 24.4 Å². The fourth-order valence-electron chi connectivity index (χ4n) is 1.94. The van der Waals surface area contributed by atoms with Gasteiger partial charge in [-0.05, 0) is 26.0 Å². The van der Waals surface area contributed by atoms with Gasteiger partial charge in [0.15, 0.2) is 6.29 Å². The van der Waals surface area contributed by atoms with Crippen LogP contribution in [0.3, 0.4) is 0 Å². The minimum Gasteiger partial charge on any atom is -0.458 e. The molecule has 0 bridgehead atoms. The molecule has 2 heterocycles. The molecule has 19 heavy (non-hydrogen) atoms. The lowest BCUT2D eigenvalue weighted by atomic mass is 10.2. The van der Waals surface area contributed by atoms with Gasteiger partial charge in [-0.3, -0.25) is 4.98 Å². The molecule has 0 saturated carbocycles. The van der Waals surface area contributed by atoms with E-state index in [4.69, 9.17) is 18.9 Å². The van der Waals surface area contributed by atoms with E-state index in [1.165, 1.54) is 0 Å². The van der Waals surface area contributed by atoms with E-state index in [2.05, 4.69) is 4.98 Å². The number of nitrogens with zero attached hydrogens (tertiary/aromatic N) is 1. The monoisotopic (exact) mass is 265 g/mol. The molecule has 0 saturated heterocycles. The maximum absolute atomic E-state index is 5.72. The molecule has 0 N–H and O–H groups in total. The number of aromatic nitrogens is 1. The van der Waals surface area contributed by atoms with Crippen molar-refractivity contribution in [2.24, 2.45) is 0 Å². The highest BCUT2D eigenvalue weighted by Crippen LogP contribution is 2.37. The molecule has 1 atom stereocenters. The van der Waals surface area contributed by atoms with Crippen LogP contribution < -0.4 is 0 Å². The quantitative estimate of drug-likeness (QED) is 0.740. The first kappa shape index (κ1) is 14.0. The van der Waals surface area contributed by atoms with Crippen molar-refractivity contribution in [3.05, 3.63) is 35.7 Å². The van der Waals surface area contributed by atoms with Crippen molar-refractivity contribution >= 4 is 5.76 Å². The summed E-state index contributed by atoms with van der Waals surface area (Å²) in [4.78, 5) is 4.33. The van der Waals surface area contributed by atoms with Crippen LogP contribution in [0.4, 0.5) is 0 Å². The molecule has 1 aliphatic rings. The topological polar surface area (TPSA) is 49.8 Å². The summed E-state index contributed by atoms with van der Waals surface area (Å²) in [6, 6.07) is 3.80. The summed E-state index contributed by atoms with van der Waals surface area (Å²) in [5.41, 5.74) is 1.70. The molecule has 0 fully saturated rings. The fourth-order valence-corrected chi connectivity index (χ4v) is 1.94. The van der Waals surface area contributed by atoms with Gasteiger partial charge in [0.1, 0.15) is 11.5 Å². The number of hydrogen-bond acceptors (Lipinski definition) is 5. The van der Waals surface area contributed by atoms with Gasteiger partial charge >= 0.3 is 0 Å². The van der Waals surface area contributed by atoms with Crippen molar-refractivity contribution < 1.29 is 18.9 Å². The van der Waals surface area contributed by atoms with E-state index in [9.17, 15) is 0 Å². The Kier molecular flexibility index (Phi) is 4.90. The third-order valence-electron chi connectivity index (χ3n) is 2.72. The first-order valence-corrected chi connectivity index (χ1v) is 6.39. The summed E-state index contributed by atoms with van der Waals surface area (Å²) in [7, 11) is 1.60. The molecule has 1 aromatic heterocycles. The van der Waals surface area contributed by atoms with E-state index >= 15 is 0 Å². The van der Waals surface area contributed by atoms with Crippen molar-refractivity contribution in [1.82, 2.24) is 4.98 Å². The second-order valence-electron chi connectivity index (χ2n) is 3.94. The first-order chi connectivity index (χ1) is 9.30. The lowest BCUT2D eigenvalue weighted by Crippen LogP contribution is -2.15. The number of pyridine rings is 1. The van der Waals surface area contributed by atoms with E-state index in [0.29, 0.717) is 19.0 Å². The predicted octanol–water partition coefficient (Wildman–Crippen LogP) is 2.50. The predicted molar refractivity (Wildman–Crippen MR) is 70.1 cm³/mol. The maximum atomic E-state index is 5.72. The van der Waals surface area contributed by atoms with Crippen molar-refractivity contribution in [2.75, 3.05) is 20.3 Å². The minimum atomic E-state index is -0.435. The minimum absolute atomic E-state index is 0.418. The lowest BCUT2D eigenvalue weighted by Gasteiger charge is -2.14. The lowest BCUT2D eigenvalue weighted by molar-refractivity contribution is -0.106. The number of rotatable bonds is 6. The number of methoxy groups -OCH3 is 1. The van der Waals surface area contributed by atoms with Gasteiger partial charge in [-0.1, -0.05) is 0 Å².